The van der Waals surface area contributed by atoms with Crippen molar-refractivity contribution in [3.05, 3.63) is 23.0 Å². The van der Waals surface area contributed by atoms with Crippen LogP contribution in [0.4, 0.5) is 0 Å². The van der Waals surface area contributed by atoms with Crippen molar-refractivity contribution in [2.45, 2.75) is 45.3 Å². The molecule has 1 aromatic rings. The van der Waals surface area contributed by atoms with Crippen molar-refractivity contribution in [1.29, 1.82) is 0 Å². The van der Waals surface area contributed by atoms with Crippen LogP contribution in [-0.4, -0.2) is 23.4 Å². The number of hydrogen-bond acceptors (Lipinski definition) is 2. The van der Waals surface area contributed by atoms with Gasteiger partial charge in [-0.1, -0.05) is 0 Å². The van der Waals surface area contributed by atoms with Crippen LogP contribution < -0.4 is 0 Å². The molecule has 1 heterocycles. The van der Waals surface area contributed by atoms with E-state index in [-0.39, 0.29) is 6.10 Å². The SMILES string of the molecule is COCCCn1c(C)cc2c1CCCC2O. The number of aromatic nitrogens is 1. The lowest BCUT2D eigenvalue weighted by Gasteiger charge is -2.20. The molecule has 0 aromatic carbocycles. The van der Waals surface area contributed by atoms with E-state index in [1.54, 1.807) is 7.11 Å². The Hall–Kier alpha value is -0.800. The topological polar surface area (TPSA) is 34.4 Å². The average Bonchev–Trinajstić information content (AvgIpc) is 2.58. The van der Waals surface area contributed by atoms with E-state index in [1.807, 2.05) is 0 Å². The van der Waals surface area contributed by atoms with Crippen LogP contribution in [0.25, 0.3) is 0 Å². The molecule has 2 rings (SSSR count). The monoisotopic (exact) mass is 223 g/mol. The van der Waals surface area contributed by atoms with Gasteiger partial charge in [-0.15, -0.1) is 0 Å². The average molecular weight is 223 g/mol. The maximum atomic E-state index is 9.93. The van der Waals surface area contributed by atoms with Crippen molar-refractivity contribution < 1.29 is 9.84 Å². The largest absolute Gasteiger partial charge is 0.388 e. The lowest BCUT2D eigenvalue weighted by atomic mass is 9.95. The zero-order valence-electron chi connectivity index (χ0n) is 10.2. The molecule has 0 spiro atoms. The van der Waals surface area contributed by atoms with Crippen LogP contribution in [0.3, 0.4) is 0 Å². The van der Waals surface area contributed by atoms with E-state index in [9.17, 15) is 5.11 Å². The zero-order chi connectivity index (χ0) is 11.5. The molecule has 1 aliphatic rings. The van der Waals surface area contributed by atoms with Crippen molar-refractivity contribution in [3.8, 4) is 0 Å². The number of fused-ring (bicyclic) bond motifs is 1. The minimum Gasteiger partial charge on any atom is -0.388 e. The Bertz CT molecular complexity index is 357. The number of aliphatic hydroxyl groups excluding tert-OH is 1. The second-order valence-electron chi connectivity index (χ2n) is 4.59. The van der Waals surface area contributed by atoms with Crippen LogP contribution in [0.1, 0.15) is 42.3 Å². The summed E-state index contributed by atoms with van der Waals surface area (Å²) in [6.07, 6.45) is 3.91. The predicted octanol–water partition coefficient (Wildman–Crippen LogP) is 2.20. The lowest BCUT2D eigenvalue weighted by Crippen LogP contribution is -2.13. The molecule has 3 heteroatoms. The summed E-state index contributed by atoms with van der Waals surface area (Å²) in [6, 6.07) is 2.14. The van der Waals surface area contributed by atoms with E-state index in [0.717, 1.165) is 44.4 Å². The molecule has 16 heavy (non-hydrogen) atoms. The number of aliphatic hydroxyl groups is 1. The van der Waals surface area contributed by atoms with E-state index in [4.69, 9.17) is 4.74 Å². The minimum absolute atomic E-state index is 0.244. The number of rotatable bonds is 4. The van der Waals surface area contributed by atoms with Crippen LogP contribution >= 0.6 is 0 Å². The third-order valence-electron chi connectivity index (χ3n) is 3.43. The first-order valence-corrected chi connectivity index (χ1v) is 6.10. The third kappa shape index (κ3) is 2.15. The second-order valence-corrected chi connectivity index (χ2v) is 4.59. The Morgan fingerprint density at radius 1 is 1.56 bits per heavy atom. The molecule has 1 aromatic heterocycles. The molecule has 0 saturated carbocycles. The standard InChI is InChI=1S/C13H21NO2/c1-10-9-11-12(5-3-6-13(11)15)14(10)7-4-8-16-2/h9,13,15H,3-8H2,1-2H3. The number of aryl methyl sites for hydroxylation is 1. The highest BCUT2D eigenvalue weighted by Gasteiger charge is 2.22. The van der Waals surface area contributed by atoms with E-state index in [1.165, 1.54) is 11.4 Å². The molecule has 90 valence electrons. The Kier molecular flexibility index (Phi) is 3.66. The van der Waals surface area contributed by atoms with Crippen molar-refractivity contribution >= 4 is 0 Å². The van der Waals surface area contributed by atoms with Gasteiger partial charge in [0.2, 0.25) is 0 Å². The van der Waals surface area contributed by atoms with Crippen LogP contribution in [0.2, 0.25) is 0 Å². The number of methoxy groups -OCH3 is 1. The van der Waals surface area contributed by atoms with Gasteiger partial charge in [0, 0.05) is 37.2 Å². The molecule has 1 aliphatic carbocycles. The first-order valence-electron chi connectivity index (χ1n) is 6.10. The highest BCUT2D eigenvalue weighted by molar-refractivity contribution is 5.31. The molecule has 0 aliphatic heterocycles. The quantitative estimate of drug-likeness (QED) is 0.794. The maximum absolute atomic E-state index is 9.93. The van der Waals surface area contributed by atoms with Crippen molar-refractivity contribution in [1.82, 2.24) is 4.57 Å². The van der Waals surface area contributed by atoms with Gasteiger partial charge in [0.15, 0.2) is 0 Å². The fraction of sp³-hybridized carbons (Fsp3) is 0.692. The summed E-state index contributed by atoms with van der Waals surface area (Å²) in [7, 11) is 1.74. The Morgan fingerprint density at radius 3 is 3.12 bits per heavy atom. The molecule has 0 fully saturated rings. The van der Waals surface area contributed by atoms with Crippen LogP contribution in [0.5, 0.6) is 0 Å². The molecular formula is C13H21NO2. The second kappa shape index (κ2) is 5.02. The molecule has 0 amide bonds. The molecule has 3 nitrogen and oxygen atoms in total. The van der Waals surface area contributed by atoms with Crippen LogP contribution in [0, 0.1) is 6.92 Å². The smallest absolute Gasteiger partial charge is 0.0807 e. The summed E-state index contributed by atoms with van der Waals surface area (Å²) < 4.78 is 7.43. The fourth-order valence-electron chi connectivity index (χ4n) is 2.62. The molecule has 1 unspecified atom stereocenters. The predicted molar refractivity (Wildman–Crippen MR) is 63.6 cm³/mol. The van der Waals surface area contributed by atoms with Gasteiger partial charge in [0.25, 0.3) is 0 Å². The molecule has 0 radical (unpaired) electrons. The normalized spacial score (nSPS) is 19.8. The van der Waals surface area contributed by atoms with Crippen molar-refractivity contribution in [2.75, 3.05) is 13.7 Å². The van der Waals surface area contributed by atoms with Gasteiger partial charge >= 0.3 is 0 Å². The Labute approximate surface area is 97.0 Å². The van der Waals surface area contributed by atoms with Gasteiger partial charge in [0.1, 0.15) is 0 Å². The van der Waals surface area contributed by atoms with E-state index >= 15 is 0 Å². The lowest BCUT2D eigenvalue weighted by molar-refractivity contribution is 0.155. The number of nitrogens with zero attached hydrogens (tertiary/aromatic N) is 1. The van der Waals surface area contributed by atoms with E-state index in [0.29, 0.717) is 0 Å². The fourth-order valence-corrected chi connectivity index (χ4v) is 2.62. The molecule has 1 atom stereocenters. The molecular weight excluding hydrogens is 202 g/mol. The minimum atomic E-state index is -0.244. The molecule has 0 bridgehead atoms. The highest BCUT2D eigenvalue weighted by Crippen LogP contribution is 2.32. The first kappa shape index (κ1) is 11.7. The summed E-state index contributed by atoms with van der Waals surface area (Å²) >= 11 is 0. The van der Waals surface area contributed by atoms with Gasteiger partial charge in [-0.2, -0.15) is 0 Å². The van der Waals surface area contributed by atoms with Gasteiger partial charge in [-0.25, -0.2) is 0 Å². The summed E-state index contributed by atoms with van der Waals surface area (Å²) in [5, 5.41) is 9.93. The molecule has 0 saturated heterocycles. The summed E-state index contributed by atoms with van der Waals surface area (Å²) in [5.74, 6) is 0. The zero-order valence-corrected chi connectivity index (χ0v) is 10.2. The summed E-state index contributed by atoms with van der Waals surface area (Å²) in [5.41, 5.74) is 3.76. The van der Waals surface area contributed by atoms with Crippen LogP contribution in [-0.2, 0) is 17.7 Å². The van der Waals surface area contributed by atoms with Crippen LogP contribution in [0.15, 0.2) is 6.07 Å². The van der Waals surface area contributed by atoms with Gasteiger partial charge < -0.3 is 14.4 Å². The molecule has 1 N–H and O–H groups in total. The first-order chi connectivity index (χ1) is 7.74. The Morgan fingerprint density at radius 2 is 2.38 bits per heavy atom. The van der Waals surface area contributed by atoms with Gasteiger partial charge in [0.05, 0.1) is 6.10 Å². The van der Waals surface area contributed by atoms with E-state index < -0.39 is 0 Å². The Balaban J connectivity index is 2.17. The van der Waals surface area contributed by atoms with E-state index in [2.05, 4.69) is 17.6 Å². The highest BCUT2D eigenvalue weighted by atomic mass is 16.5. The van der Waals surface area contributed by atoms with Gasteiger partial charge in [-0.05, 0) is 38.7 Å². The maximum Gasteiger partial charge on any atom is 0.0807 e. The number of ether oxygens (including phenoxy) is 1. The van der Waals surface area contributed by atoms with Crippen molar-refractivity contribution in [2.24, 2.45) is 0 Å². The summed E-state index contributed by atoms with van der Waals surface area (Å²) in [4.78, 5) is 0. The van der Waals surface area contributed by atoms with Gasteiger partial charge in [-0.3, -0.25) is 0 Å². The summed E-state index contributed by atoms with van der Waals surface area (Å²) in [6.45, 7) is 3.93. The number of hydrogen-bond donors (Lipinski definition) is 1. The third-order valence-corrected chi connectivity index (χ3v) is 3.43. The van der Waals surface area contributed by atoms with Crippen molar-refractivity contribution in [3.63, 3.8) is 0 Å².